The minimum atomic E-state index is 0.570. The molecule has 0 aliphatic rings. The summed E-state index contributed by atoms with van der Waals surface area (Å²) in [7, 11) is 0. The summed E-state index contributed by atoms with van der Waals surface area (Å²) in [6.45, 7) is 0. The highest BCUT2D eigenvalue weighted by Crippen LogP contribution is 2.43. The molecule has 10 aromatic rings. The van der Waals surface area contributed by atoms with Crippen molar-refractivity contribution in [1.82, 2.24) is 19.9 Å². The average Bonchev–Trinajstić information content (AvgIpc) is 3.74. The van der Waals surface area contributed by atoms with Gasteiger partial charge in [0.25, 0.3) is 0 Å². The highest BCUT2D eigenvalue weighted by atomic mass is 32.1. The Balaban J connectivity index is 1.25. The lowest BCUT2D eigenvalue weighted by molar-refractivity contribution is 0.669. The second kappa shape index (κ2) is 10.7. The van der Waals surface area contributed by atoms with E-state index in [1.807, 2.05) is 42.5 Å². The van der Waals surface area contributed by atoms with Gasteiger partial charge in [-0.1, -0.05) is 97.1 Å². The van der Waals surface area contributed by atoms with Crippen LogP contribution in [-0.2, 0) is 0 Å². The van der Waals surface area contributed by atoms with Crippen LogP contribution in [0.1, 0.15) is 0 Å². The van der Waals surface area contributed by atoms with Crippen molar-refractivity contribution in [1.29, 1.82) is 0 Å². The van der Waals surface area contributed by atoms with Crippen molar-refractivity contribution in [3.63, 3.8) is 0 Å². The first-order valence-corrected chi connectivity index (χ1v) is 16.6. The van der Waals surface area contributed by atoms with Gasteiger partial charge in [-0.25, -0.2) is 15.0 Å². The maximum absolute atomic E-state index is 6.60. The molecule has 48 heavy (non-hydrogen) atoms. The molecule has 6 heteroatoms. The highest BCUT2D eigenvalue weighted by molar-refractivity contribution is 7.26. The van der Waals surface area contributed by atoms with Gasteiger partial charge in [-0.3, -0.25) is 4.98 Å². The molecular formula is C42H24N4OS. The standard InChI is InChI=1S/C42H24N4OS/c1-2-11-26(12-3-1)40-44-41(46-42(45-40)33-16-8-15-31-30-14-6-7-18-35(30)48-39(31)33)32-22-21-29(28-20-19-25-10-4-5-13-27(25)24-28)38-36(32)37-34(47-38)17-9-23-43-37/h1-24H. The van der Waals surface area contributed by atoms with Gasteiger partial charge in [-0.15, -0.1) is 11.3 Å². The number of hydrogen-bond acceptors (Lipinski definition) is 6. The van der Waals surface area contributed by atoms with Gasteiger partial charge < -0.3 is 4.42 Å². The van der Waals surface area contributed by atoms with Crippen LogP contribution in [0, 0.1) is 0 Å². The SMILES string of the molecule is c1ccc(-c2nc(-c3cccc4c3sc3ccccc34)nc(-c3ccc(-c4ccc5ccccc5c4)c4oc5cccnc5c34)n2)cc1. The van der Waals surface area contributed by atoms with Crippen molar-refractivity contribution >= 4 is 64.4 Å². The summed E-state index contributed by atoms with van der Waals surface area (Å²) in [5.74, 6) is 1.81. The number of nitrogens with zero attached hydrogens (tertiary/aromatic N) is 4. The van der Waals surface area contributed by atoms with Crippen molar-refractivity contribution < 1.29 is 4.42 Å². The van der Waals surface area contributed by atoms with Gasteiger partial charge in [0.2, 0.25) is 0 Å². The fourth-order valence-electron chi connectivity index (χ4n) is 6.72. The molecule has 4 heterocycles. The molecule has 0 atom stereocenters. The second-order valence-electron chi connectivity index (χ2n) is 11.8. The molecule has 0 saturated carbocycles. The van der Waals surface area contributed by atoms with Crippen LogP contribution in [0.2, 0.25) is 0 Å². The molecule has 0 saturated heterocycles. The van der Waals surface area contributed by atoms with Crippen molar-refractivity contribution in [2.24, 2.45) is 0 Å². The number of aromatic nitrogens is 4. The molecule has 5 nitrogen and oxygen atoms in total. The number of furan rings is 1. The van der Waals surface area contributed by atoms with Crippen molar-refractivity contribution in [2.75, 3.05) is 0 Å². The lowest BCUT2D eigenvalue weighted by Gasteiger charge is -2.11. The second-order valence-corrected chi connectivity index (χ2v) is 12.9. The van der Waals surface area contributed by atoms with Crippen LogP contribution in [0.4, 0.5) is 0 Å². The fourth-order valence-corrected chi connectivity index (χ4v) is 7.93. The number of thiophene rings is 1. The number of hydrogen-bond donors (Lipinski definition) is 0. The first-order valence-electron chi connectivity index (χ1n) is 15.8. The van der Waals surface area contributed by atoms with Crippen LogP contribution in [0.25, 0.3) is 98.3 Å². The largest absolute Gasteiger partial charge is 0.454 e. The summed E-state index contributed by atoms with van der Waals surface area (Å²) in [6, 6.07) is 48.0. The van der Waals surface area contributed by atoms with Crippen molar-refractivity contribution in [3.05, 3.63) is 146 Å². The quantitative estimate of drug-likeness (QED) is 0.193. The summed E-state index contributed by atoms with van der Waals surface area (Å²) in [5, 5.41) is 5.68. The van der Waals surface area contributed by atoms with E-state index in [1.165, 1.54) is 26.2 Å². The molecule has 4 aromatic heterocycles. The van der Waals surface area contributed by atoms with Crippen LogP contribution in [-0.4, -0.2) is 19.9 Å². The molecule has 0 unspecified atom stereocenters. The zero-order chi connectivity index (χ0) is 31.6. The van der Waals surface area contributed by atoms with E-state index in [0.29, 0.717) is 17.5 Å². The lowest BCUT2D eigenvalue weighted by atomic mass is 9.97. The maximum Gasteiger partial charge on any atom is 0.165 e. The summed E-state index contributed by atoms with van der Waals surface area (Å²) in [6.07, 6.45) is 1.81. The molecule has 224 valence electrons. The number of rotatable bonds is 4. The zero-order valence-electron chi connectivity index (χ0n) is 25.5. The monoisotopic (exact) mass is 632 g/mol. The smallest absolute Gasteiger partial charge is 0.165 e. The van der Waals surface area contributed by atoms with Gasteiger partial charge in [0, 0.05) is 48.6 Å². The lowest BCUT2D eigenvalue weighted by Crippen LogP contribution is -2.00. The molecular weight excluding hydrogens is 609 g/mol. The van der Waals surface area contributed by atoms with Crippen molar-refractivity contribution in [2.45, 2.75) is 0 Å². The van der Waals surface area contributed by atoms with Crippen LogP contribution in [0.15, 0.2) is 150 Å². The van der Waals surface area contributed by atoms with Gasteiger partial charge in [0.15, 0.2) is 23.1 Å². The first-order chi connectivity index (χ1) is 23.8. The summed E-state index contributed by atoms with van der Waals surface area (Å²) in [5.41, 5.74) is 7.06. The number of pyridine rings is 1. The van der Waals surface area contributed by atoms with E-state index < -0.39 is 0 Å². The predicted molar refractivity (Wildman–Crippen MR) is 197 cm³/mol. The Morgan fingerprint density at radius 1 is 0.500 bits per heavy atom. The molecule has 0 radical (unpaired) electrons. The predicted octanol–water partition coefficient (Wildman–Crippen LogP) is 11.4. The van der Waals surface area contributed by atoms with Gasteiger partial charge in [0.05, 0.1) is 5.39 Å². The Kier molecular flexibility index (Phi) is 5.98. The van der Waals surface area contributed by atoms with E-state index in [-0.39, 0.29) is 0 Å². The third-order valence-electron chi connectivity index (χ3n) is 8.99. The molecule has 0 bridgehead atoms. The number of benzene rings is 6. The van der Waals surface area contributed by atoms with E-state index in [4.69, 9.17) is 24.4 Å². The third kappa shape index (κ3) is 4.24. The van der Waals surface area contributed by atoms with E-state index in [9.17, 15) is 0 Å². The van der Waals surface area contributed by atoms with E-state index >= 15 is 0 Å². The first kappa shape index (κ1) is 26.9. The number of fused-ring (bicyclic) bond motifs is 7. The molecule has 10 rings (SSSR count). The molecule has 0 spiro atoms. The Morgan fingerprint density at radius 3 is 2.17 bits per heavy atom. The van der Waals surface area contributed by atoms with Gasteiger partial charge >= 0.3 is 0 Å². The highest BCUT2D eigenvalue weighted by Gasteiger charge is 2.22. The normalized spacial score (nSPS) is 11.8. The Hall–Kier alpha value is -6.24. The Bertz CT molecular complexity index is 2860. The van der Waals surface area contributed by atoms with Gasteiger partial charge in [-0.05, 0) is 58.8 Å². The molecule has 0 N–H and O–H groups in total. The minimum Gasteiger partial charge on any atom is -0.454 e. The summed E-state index contributed by atoms with van der Waals surface area (Å²) < 4.78 is 8.99. The van der Waals surface area contributed by atoms with Crippen LogP contribution >= 0.6 is 11.3 Å². The van der Waals surface area contributed by atoms with Gasteiger partial charge in [-0.2, -0.15) is 0 Å². The molecule has 0 aliphatic carbocycles. The van der Waals surface area contributed by atoms with Crippen molar-refractivity contribution in [3.8, 4) is 45.3 Å². The van der Waals surface area contributed by atoms with Gasteiger partial charge in [0.1, 0.15) is 11.1 Å². The minimum absolute atomic E-state index is 0.570. The third-order valence-corrected chi connectivity index (χ3v) is 10.2. The van der Waals surface area contributed by atoms with Crippen LogP contribution in [0.3, 0.4) is 0 Å². The average molecular weight is 633 g/mol. The topological polar surface area (TPSA) is 64.7 Å². The maximum atomic E-state index is 6.60. The molecule has 6 aromatic carbocycles. The van der Waals surface area contributed by atoms with Crippen LogP contribution < -0.4 is 0 Å². The summed E-state index contributed by atoms with van der Waals surface area (Å²) >= 11 is 1.77. The van der Waals surface area contributed by atoms with Crippen LogP contribution in [0.5, 0.6) is 0 Å². The fraction of sp³-hybridized carbons (Fsp3) is 0. The Labute approximate surface area is 278 Å². The zero-order valence-corrected chi connectivity index (χ0v) is 26.3. The molecule has 0 aliphatic heterocycles. The molecule has 0 amide bonds. The molecule has 0 fully saturated rings. The Morgan fingerprint density at radius 2 is 1.25 bits per heavy atom. The van der Waals surface area contributed by atoms with E-state index in [1.54, 1.807) is 17.5 Å². The van der Waals surface area contributed by atoms with E-state index in [2.05, 4.69) is 97.1 Å². The van der Waals surface area contributed by atoms with E-state index in [0.717, 1.165) is 54.6 Å². The summed E-state index contributed by atoms with van der Waals surface area (Å²) in [4.78, 5) is 20.2.